The second-order valence-corrected chi connectivity index (χ2v) is 9.57. The van der Waals surface area contributed by atoms with Gasteiger partial charge in [-0.25, -0.2) is 8.63 Å². The number of halogens is 3. The number of amides is 1. The van der Waals surface area contributed by atoms with Crippen LogP contribution in [-0.2, 0) is 7.86 Å². The average Bonchev–Trinajstić information content (AvgIpc) is 3.66. The second kappa shape index (κ2) is 9.41. The highest BCUT2D eigenvalue weighted by Gasteiger charge is 2.48. The van der Waals surface area contributed by atoms with Crippen molar-refractivity contribution in [2.75, 3.05) is 5.32 Å². The van der Waals surface area contributed by atoms with E-state index in [9.17, 15) is 17.0 Å². The number of hydrogen-bond donors (Lipinski definition) is 3. The third-order valence-electron chi connectivity index (χ3n) is 5.97. The molecule has 2 aromatic rings. The molecule has 0 aliphatic heterocycles. The van der Waals surface area contributed by atoms with Crippen molar-refractivity contribution in [1.29, 1.82) is 0 Å². The molecule has 1 unspecified atom stereocenters. The van der Waals surface area contributed by atoms with E-state index in [0.29, 0.717) is 23.8 Å². The molecule has 3 N–H and O–H groups in total. The van der Waals surface area contributed by atoms with Crippen LogP contribution < -0.4 is 14.4 Å². The molecule has 2 heterocycles. The zero-order chi connectivity index (χ0) is 22.1. The van der Waals surface area contributed by atoms with Crippen LogP contribution in [0.3, 0.4) is 0 Å². The Bertz CT molecular complexity index is 1030. The summed E-state index contributed by atoms with van der Waals surface area (Å²) < 4.78 is 30.2. The van der Waals surface area contributed by atoms with Crippen molar-refractivity contribution >= 4 is 44.7 Å². The molecule has 12 heteroatoms. The van der Waals surface area contributed by atoms with E-state index in [1.807, 2.05) is 6.92 Å². The molecule has 2 aromatic heterocycles. The monoisotopic (exact) mass is 564 g/mol. The summed E-state index contributed by atoms with van der Waals surface area (Å²) in [5.74, 6) is -0.241. The number of carbonyl (C=O) groups is 1. The molecular weight excluding hydrogens is 542 g/mol. The molecule has 2 aliphatic rings. The molecule has 2 aliphatic carbocycles. The van der Waals surface area contributed by atoms with Crippen LogP contribution in [0.15, 0.2) is 17.1 Å². The van der Waals surface area contributed by atoms with E-state index >= 15 is 0 Å². The summed E-state index contributed by atoms with van der Waals surface area (Å²) in [6.45, 7) is 1.82. The lowest BCUT2D eigenvalue weighted by Crippen LogP contribution is -2.44. The number of nitrogens with one attached hydrogen (secondary N) is 3. The van der Waals surface area contributed by atoms with Gasteiger partial charge in [0.2, 0.25) is 27.4 Å². The molecule has 0 spiro atoms. The Hall–Kier alpha value is -1.73. The number of aromatic nitrogens is 4. The molecular formula is C19H23ClFIN6O3. The minimum absolute atomic E-state index is 0.0822. The first-order valence-corrected chi connectivity index (χ1v) is 12.6. The van der Waals surface area contributed by atoms with Gasteiger partial charge in [0.15, 0.2) is 0 Å². The van der Waals surface area contributed by atoms with E-state index in [1.165, 1.54) is 16.9 Å². The van der Waals surface area contributed by atoms with E-state index in [0.717, 1.165) is 25.7 Å². The van der Waals surface area contributed by atoms with Crippen molar-refractivity contribution in [2.45, 2.75) is 51.1 Å². The van der Waals surface area contributed by atoms with Crippen LogP contribution in [0.2, 0.25) is 5.15 Å². The van der Waals surface area contributed by atoms with E-state index in [1.54, 1.807) is 0 Å². The molecule has 31 heavy (non-hydrogen) atoms. The van der Waals surface area contributed by atoms with Crippen LogP contribution in [0.4, 0.5) is 10.1 Å². The predicted octanol–water partition coefficient (Wildman–Crippen LogP) is 3.32. The summed E-state index contributed by atoms with van der Waals surface area (Å²) in [7, 11) is 0. The van der Waals surface area contributed by atoms with Gasteiger partial charge in [0.05, 0.1) is 12.2 Å². The quantitative estimate of drug-likeness (QED) is 0.301. The maximum Gasteiger partial charge on any atom is 0.269 e. The van der Waals surface area contributed by atoms with Gasteiger partial charge in [-0.05, 0) is 55.9 Å². The van der Waals surface area contributed by atoms with Crippen LogP contribution in [0, 0.1) is 23.7 Å². The lowest BCUT2D eigenvalue weighted by atomic mass is 9.89. The number of H-pyrrole nitrogens is 1. The highest BCUT2D eigenvalue weighted by atomic mass is 127. The number of aromatic amines is 1. The predicted molar refractivity (Wildman–Crippen MR) is 120 cm³/mol. The van der Waals surface area contributed by atoms with E-state index in [-0.39, 0.29) is 16.8 Å². The molecule has 4 rings (SSSR count). The fraction of sp³-hybridized carbons (Fsp3) is 0.579. The zero-order valence-electron chi connectivity index (χ0n) is 16.8. The minimum Gasteiger partial charge on any atom is -0.320 e. The number of nitrogens with zero attached hydrogens (tertiary/aromatic N) is 3. The van der Waals surface area contributed by atoms with E-state index in [4.69, 9.17) is 11.6 Å². The Labute approximate surface area is 193 Å². The lowest BCUT2D eigenvalue weighted by molar-refractivity contribution is -0.119. The number of anilines is 1. The Morgan fingerprint density at radius 3 is 2.65 bits per heavy atom. The average molecular weight is 565 g/mol. The van der Waals surface area contributed by atoms with Crippen molar-refractivity contribution in [3.05, 3.63) is 39.3 Å². The minimum atomic E-state index is -1.56. The van der Waals surface area contributed by atoms with E-state index < -0.39 is 51.0 Å². The van der Waals surface area contributed by atoms with Crippen molar-refractivity contribution < 1.29 is 12.3 Å². The summed E-state index contributed by atoms with van der Waals surface area (Å²) in [5, 5.41) is 12.5. The Kier molecular flexibility index (Phi) is 6.82. The maximum absolute atomic E-state index is 14.6. The Morgan fingerprint density at radius 1 is 1.39 bits per heavy atom. The molecule has 9 nitrogen and oxygen atoms in total. The van der Waals surface area contributed by atoms with Gasteiger partial charge < -0.3 is 5.32 Å². The van der Waals surface area contributed by atoms with Crippen molar-refractivity contribution in [1.82, 2.24) is 23.5 Å². The Balaban J connectivity index is 1.56. The highest BCUT2D eigenvalue weighted by Crippen LogP contribution is 2.51. The molecule has 168 valence electrons. The SMILES string of the molecule is CCC(c1cc(Cl)n[nH]c1=O)n1cc(NC(=O)[C@@H](NI=O)C(C2CC2)C2CC2)c(F)n1. The molecule has 2 fully saturated rings. The van der Waals surface area contributed by atoms with E-state index in [2.05, 4.69) is 24.1 Å². The third kappa shape index (κ3) is 5.03. The summed E-state index contributed by atoms with van der Waals surface area (Å²) in [4.78, 5) is 25.2. The topological polar surface area (TPSA) is 122 Å². The highest BCUT2D eigenvalue weighted by molar-refractivity contribution is 14.1. The molecule has 0 radical (unpaired) electrons. The number of hydrogen-bond acceptors (Lipinski definition) is 5. The zero-order valence-corrected chi connectivity index (χ0v) is 19.7. The summed E-state index contributed by atoms with van der Waals surface area (Å²) in [6.07, 6.45) is 6.07. The van der Waals surface area contributed by atoms with Crippen molar-refractivity contribution in [3.63, 3.8) is 0 Å². The first kappa shape index (κ1) is 22.5. The van der Waals surface area contributed by atoms with Gasteiger partial charge in [-0.1, -0.05) is 18.5 Å². The van der Waals surface area contributed by atoms with Gasteiger partial charge in [0, 0.05) is 5.56 Å². The lowest BCUT2D eigenvalue weighted by Gasteiger charge is -2.24. The fourth-order valence-electron chi connectivity index (χ4n) is 4.25. The molecule has 0 saturated heterocycles. The summed E-state index contributed by atoms with van der Waals surface area (Å²) >= 11 is 4.34. The molecule has 2 atom stereocenters. The number of carbonyl (C=O) groups excluding carboxylic acids is 1. The largest absolute Gasteiger partial charge is 0.320 e. The summed E-state index contributed by atoms with van der Waals surface area (Å²) in [5.41, 5.74) is -0.236. The summed E-state index contributed by atoms with van der Waals surface area (Å²) in [6, 6.07) is 0.216. The van der Waals surface area contributed by atoms with Gasteiger partial charge in [0.25, 0.3) is 11.5 Å². The standard InChI is InChI=1S/C19H23ClFIN6O3/c1-2-13(11-7-14(20)25-26-18(11)29)28-8-12(17(21)27-28)23-19(30)16(24-22-31)15(9-3-4-9)10-5-6-10/h7-10,13,15-16H,2-6H2,1H3,(H,23,30)(H,24,31)(H,26,29)/t13?,16-/m0/s1. The van der Waals surface area contributed by atoms with Gasteiger partial charge in [-0.3, -0.25) is 17.3 Å². The third-order valence-corrected chi connectivity index (χ3v) is 7.09. The van der Waals surface area contributed by atoms with Crippen LogP contribution in [0.25, 0.3) is 0 Å². The second-order valence-electron chi connectivity index (χ2n) is 8.12. The van der Waals surface area contributed by atoms with Gasteiger partial charge >= 0.3 is 0 Å². The van der Waals surface area contributed by atoms with Gasteiger partial charge in [-0.15, -0.1) is 5.10 Å². The number of rotatable bonds is 10. The van der Waals surface area contributed by atoms with Gasteiger partial charge in [0.1, 0.15) is 16.9 Å². The molecule has 1 amide bonds. The molecule has 0 aromatic carbocycles. The maximum atomic E-state index is 14.6. The van der Waals surface area contributed by atoms with Crippen LogP contribution in [0.1, 0.15) is 50.6 Å². The molecule has 0 bridgehead atoms. The van der Waals surface area contributed by atoms with Crippen molar-refractivity contribution in [2.24, 2.45) is 17.8 Å². The fourth-order valence-corrected chi connectivity index (χ4v) is 5.38. The first-order chi connectivity index (χ1) is 14.9. The first-order valence-electron chi connectivity index (χ1n) is 10.2. The normalized spacial score (nSPS) is 18.2. The Morgan fingerprint density at radius 2 is 2.06 bits per heavy atom. The van der Waals surface area contributed by atoms with Gasteiger partial charge in [-0.2, -0.15) is 9.49 Å². The smallest absolute Gasteiger partial charge is 0.269 e. The van der Waals surface area contributed by atoms with Crippen LogP contribution in [0.5, 0.6) is 0 Å². The van der Waals surface area contributed by atoms with Crippen molar-refractivity contribution in [3.8, 4) is 0 Å². The van der Waals surface area contributed by atoms with Crippen LogP contribution in [-0.4, -0.2) is 31.9 Å². The van der Waals surface area contributed by atoms with Crippen LogP contribution >= 0.6 is 33.1 Å². The molecule has 2 saturated carbocycles.